The van der Waals surface area contributed by atoms with Gasteiger partial charge in [-0.1, -0.05) is 0 Å². The van der Waals surface area contributed by atoms with Crippen molar-refractivity contribution in [2.45, 2.75) is 44.9 Å². The Bertz CT molecular complexity index is 163. The van der Waals surface area contributed by atoms with E-state index in [1.807, 2.05) is 0 Å². The van der Waals surface area contributed by atoms with Crippen molar-refractivity contribution >= 4 is 9.04 Å². The van der Waals surface area contributed by atoms with Crippen molar-refractivity contribution in [3.8, 4) is 12.3 Å². The molecule has 0 atom stereocenters. The van der Waals surface area contributed by atoms with Gasteiger partial charge in [-0.3, -0.25) is 0 Å². The van der Waals surface area contributed by atoms with E-state index < -0.39 is 9.04 Å². The fourth-order valence-electron chi connectivity index (χ4n) is 1.75. The Kier molecular flexibility index (Phi) is 3.84. The van der Waals surface area contributed by atoms with Crippen molar-refractivity contribution in [1.82, 2.24) is 0 Å². The van der Waals surface area contributed by atoms with Gasteiger partial charge < -0.3 is 4.43 Å². The van der Waals surface area contributed by atoms with E-state index in [4.69, 9.17) is 10.8 Å². The van der Waals surface area contributed by atoms with Gasteiger partial charge in [-0.05, 0) is 38.8 Å². The van der Waals surface area contributed by atoms with E-state index in [0.29, 0.717) is 12.0 Å². The third-order valence-corrected chi connectivity index (χ3v) is 3.30. The molecule has 1 aliphatic carbocycles. The fourth-order valence-corrected chi connectivity index (χ4v) is 2.79. The molecule has 0 aromatic heterocycles. The zero-order valence-electron chi connectivity index (χ0n) is 8.05. The molecule has 1 fully saturated rings. The Morgan fingerprint density at radius 1 is 1.25 bits per heavy atom. The van der Waals surface area contributed by atoms with Crippen LogP contribution in [0.2, 0.25) is 13.1 Å². The number of hydrogen-bond donors (Lipinski definition) is 0. The summed E-state index contributed by atoms with van der Waals surface area (Å²) in [4.78, 5) is 0. The third kappa shape index (κ3) is 3.00. The quantitative estimate of drug-likeness (QED) is 0.470. The molecule has 0 N–H and O–H groups in total. The average molecular weight is 182 g/mol. The van der Waals surface area contributed by atoms with Gasteiger partial charge in [0.05, 0.1) is 0 Å². The molecular weight excluding hydrogens is 164 g/mol. The van der Waals surface area contributed by atoms with Crippen LogP contribution in [0.4, 0.5) is 0 Å². The van der Waals surface area contributed by atoms with Gasteiger partial charge in [-0.2, -0.15) is 0 Å². The molecule has 68 valence electrons. The predicted octanol–water partition coefficient (Wildman–Crippen LogP) is 2.18. The highest BCUT2D eigenvalue weighted by atomic mass is 28.3. The van der Waals surface area contributed by atoms with Gasteiger partial charge >= 0.3 is 0 Å². The Labute approximate surface area is 77.2 Å². The summed E-state index contributed by atoms with van der Waals surface area (Å²) < 4.78 is 5.85. The molecule has 0 aliphatic heterocycles. The summed E-state index contributed by atoms with van der Waals surface area (Å²) in [5.41, 5.74) is 0. The largest absolute Gasteiger partial charge is 0.418 e. The van der Waals surface area contributed by atoms with Crippen molar-refractivity contribution in [2.24, 2.45) is 5.92 Å². The van der Waals surface area contributed by atoms with Crippen molar-refractivity contribution in [1.29, 1.82) is 0 Å². The smallest absolute Gasteiger partial charge is 0.171 e. The summed E-state index contributed by atoms with van der Waals surface area (Å²) >= 11 is 0. The van der Waals surface area contributed by atoms with Crippen LogP contribution in [0.25, 0.3) is 0 Å². The Balaban J connectivity index is 2.23. The minimum Gasteiger partial charge on any atom is -0.418 e. The maximum Gasteiger partial charge on any atom is 0.171 e. The van der Waals surface area contributed by atoms with Crippen molar-refractivity contribution < 1.29 is 4.43 Å². The predicted molar refractivity (Wildman–Crippen MR) is 54.5 cm³/mol. The minimum absolute atomic E-state index is 0.527. The maximum atomic E-state index is 5.85. The molecule has 1 aliphatic rings. The molecular formula is C10H18OSi. The second kappa shape index (κ2) is 4.69. The molecule has 0 spiro atoms. The van der Waals surface area contributed by atoms with Crippen molar-refractivity contribution in [2.75, 3.05) is 0 Å². The van der Waals surface area contributed by atoms with Crippen LogP contribution in [0, 0.1) is 18.3 Å². The first kappa shape index (κ1) is 9.82. The monoisotopic (exact) mass is 182 g/mol. The van der Waals surface area contributed by atoms with Gasteiger partial charge in [0.25, 0.3) is 0 Å². The van der Waals surface area contributed by atoms with Crippen LogP contribution >= 0.6 is 0 Å². The first-order valence-corrected chi connectivity index (χ1v) is 7.62. The van der Waals surface area contributed by atoms with Crippen LogP contribution in [0.3, 0.4) is 0 Å². The average Bonchev–Trinajstić information content (AvgIpc) is 2.05. The van der Waals surface area contributed by atoms with Gasteiger partial charge in [0.2, 0.25) is 0 Å². The summed E-state index contributed by atoms with van der Waals surface area (Å²) in [6.45, 7) is 4.46. The molecule has 0 aromatic rings. The van der Waals surface area contributed by atoms with Crippen LogP contribution in [0.5, 0.6) is 0 Å². The maximum absolute atomic E-state index is 5.85. The summed E-state index contributed by atoms with van der Waals surface area (Å²) in [7, 11) is -0.825. The lowest BCUT2D eigenvalue weighted by molar-refractivity contribution is 0.144. The molecule has 1 nitrogen and oxygen atoms in total. The summed E-state index contributed by atoms with van der Waals surface area (Å²) in [6, 6.07) is 0. The summed E-state index contributed by atoms with van der Waals surface area (Å²) in [5, 5.41) is 0. The second-order valence-electron chi connectivity index (χ2n) is 3.83. The van der Waals surface area contributed by atoms with Crippen LogP contribution in [0.15, 0.2) is 0 Å². The van der Waals surface area contributed by atoms with Gasteiger partial charge in [0.1, 0.15) is 0 Å². The number of hydrogen-bond acceptors (Lipinski definition) is 1. The first-order chi connectivity index (χ1) is 5.72. The van der Waals surface area contributed by atoms with E-state index in [-0.39, 0.29) is 0 Å². The molecule has 12 heavy (non-hydrogen) atoms. The minimum atomic E-state index is -0.825. The Morgan fingerprint density at radius 2 is 1.83 bits per heavy atom. The lowest BCUT2D eigenvalue weighted by Gasteiger charge is -2.27. The van der Waals surface area contributed by atoms with Gasteiger partial charge in [-0.25, -0.2) is 0 Å². The van der Waals surface area contributed by atoms with E-state index in [9.17, 15) is 0 Å². The standard InChI is InChI=1S/C10H18OSi/c1-4-9-5-7-10(8-6-9)11-12(2)3/h1,9-10,12H,5-8H2,2-3H3. The van der Waals surface area contributed by atoms with E-state index in [2.05, 4.69) is 19.0 Å². The van der Waals surface area contributed by atoms with E-state index in [0.717, 1.165) is 0 Å². The summed E-state index contributed by atoms with van der Waals surface area (Å²) in [5.74, 6) is 3.36. The van der Waals surface area contributed by atoms with Crippen LogP contribution in [-0.4, -0.2) is 15.1 Å². The summed E-state index contributed by atoms with van der Waals surface area (Å²) in [6.07, 6.45) is 10.6. The topological polar surface area (TPSA) is 9.23 Å². The van der Waals surface area contributed by atoms with E-state index in [1.54, 1.807) is 0 Å². The number of rotatable bonds is 2. The first-order valence-electron chi connectivity index (χ1n) is 4.84. The molecule has 1 rings (SSSR count). The molecule has 0 unspecified atom stereocenters. The lowest BCUT2D eigenvalue weighted by atomic mass is 9.88. The fraction of sp³-hybridized carbons (Fsp3) is 0.800. The molecule has 0 heterocycles. The number of terminal acetylenes is 1. The molecule has 0 saturated heterocycles. The highest BCUT2D eigenvalue weighted by Crippen LogP contribution is 2.25. The van der Waals surface area contributed by atoms with Crippen molar-refractivity contribution in [3.05, 3.63) is 0 Å². The van der Waals surface area contributed by atoms with Gasteiger partial charge in [-0.15, -0.1) is 12.3 Å². The van der Waals surface area contributed by atoms with Crippen molar-refractivity contribution in [3.63, 3.8) is 0 Å². The van der Waals surface area contributed by atoms with Crippen LogP contribution < -0.4 is 0 Å². The zero-order chi connectivity index (χ0) is 8.97. The molecule has 0 amide bonds. The van der Waals surface area contributed by atoms with Gasteiger partial charge in [0, 0.05) is 12.0 Å². The molecule has 0 radical (unpaired) electrons. The van der Waals surface area contributed by atoms with Gasteiger partial charge in [0.15, 0.2) is 9.04 Å². The Morgan fingerprint density at radius 3 is 2.25 bits per heavy atom. The van der Waals surface area contributed by atoms with Crippen LogP contribution in [-0.2, 0) is 4.43 Å². The zero-order valence-corrected chi connectivity index (χ0v) is 9.20. The molecule has 2 heteroatoms. The van der Waals surface area contributed by atoms with Crippen LogP contribution in [0.1, 0.15) is 25.7 Å². The molecule has 1 saturated carbocycles. The lowest BCUT2D eigenvalue weighted by Crippen LogP contribution is -2.25. The SMILES string of the molecule is C#CC1CCC(O[SiH](C)C)CC1. The highest BCUT2D eigenvalue weighted by molar-refractivity contribution is 6.48. The third-order valence-electron chi connectivity index (χ3n) is 2.37. The molecule has 0 aromatic carbocycles. The normalized spacial score (nSPS) is 30.2. The van der Waals surface area contributed by atoms with E-state index in [1.165, 1.54) is 25.7 Å². The second-order valence-corrected chi connectivity index (χ2v) is 6.19. The highest BCUT2D eigenvalue weighted by Gasteiger charge is 2.20. The van der Waals surface area contributed by atoms with E-state index >= 15 is 0 Å². The molecule has 0 bridgehead atoms. The Hall–Kier alpha value is -0.263.